The number of sulfonamides is 1. The Morgan fingerprint density at radius 3 is 2.90 bits per heavy atom. The van der Waals surface area contributed by atoms with Gasteiger partial charge in [-0.1, -0.05) is 13.0 Å². The summed E-state index contributed by atoms with van der Waals surface area (Å²) in [5.41, 5.74) is 0. The van der Waals surface area contributed by atoms with Gasteiger partial charge in [-0.2, -0.15) is 4.31 Å². The molecule has 2 rings (SSSR count). The average molecular weight is 330 g/mol. The molecule has 1 saturated heterocycles. The van der Waals surface area contributed by atoms with Gasteiger partial charge in [0.05, 0.1) is 18.3 Å². The predicted molar refractivity (Wildman–Crippen MR) is 84.7 cm³/mol. The van der Waals surface area contributed by atoms with Crippen molar-refractivity contribution in [2.24, 2.45) is 0 Å². The zero-order chi connectivity index (χ0) is 15.5. The molecular weight excluding hydrogens is 308 g/mol. The summed E-state index contributed by atoms with van der Waals surface area (Å²) in [5.74, 6) is -0.0152. The Labute approximate surface area is 130 Å². The van der Waals surface area contributed by atoms with E-state index in [2.05, 4.69) is 0 Å². The fraction of sp³-hybridized carbons (Fsp3) is 0.643. The Morgan fingerprint density at radius 1 is 1.52 bits per heavy atom. The molecule has 0 spiro atoms. The molecule has 0 saturated carbocycles. The number of nitrogens with zero attached hydrogens (tertiary/aromatic N) is 2. The molecule has 118 valence electrons. The molecule has 1 amide bonds. The molecule has 1 aliphatic heterocycles. The quantitative estimate of drug-likeness (QED) is 0.802. The van der Waals surface area contributed by atoms with E-state index >= 15 is 0 Å². The number of hydrogen-bond acceptors (Lipinski definition) is 4. The van der Waals surface area contributed by atoms with Crippen LogP contribution in [0, 0.1) is 0 Å². The van der Waals surface area contributed by atoms with E-state index in [1.807, 2.05) is 29.3 Å². The van der Waals surface area contributed by atoms with E-state index in [1.54, 1.807) is 11.3 Å². The van der Waals surface area contributed by atoms with Crippen LogP contribution in [0.4, 0.5) is 0 Å². The van der Waals surface area contributed by atoms with Crippen molar-refractivity contribution in [2.45, 2.75) is 32.2 Å². The second kappa shape index (κ2) is 6.89. The van der Waals surface area contributed by atoms with Gasteiger partial charge in [0, 0.05) is 18.5 Å². The maximum Gasteiger partial charge on any atom is 0.238 e. The van der Waals surface area contributed by atoms with Crippen molar-refractivity contribution in [1.82, 2.24) is 9.21 Å². The maximum atomic E-state index is 12.4. The van der Waals surface area contributed by atoms with Gasteiger partial charge in [-0.05, 0) is 30.7 Å². The Hall–Kier alpha value is -0.920. The second-order valence-corrected chi connectivity index (χ2v) is 8.51. The molecule has 0 bridgehead atoms. The molecule has 1 fully saturated rings. The van der Waals surface area contributed by atoms with Gasteiger partial charge in [0.2, 0.25) is 15.9 Å². The van der Waals surface area contributed by atoms with Crippen molar-refractivity contribution in [2.75, 3.05) is 25.9 Å². The molecule has 0 radical (unpaired) electrons. The minimum Gasteiger partial charge on any atom is -0.334 e. The Kier molecular flexibility index (Phi) is 5.40. The van der Waals surface area contributed by atoms with Gasteiger partial charge in [-0.3, -0.25) is 4.79 Å². The molecule has 1 aliphatic rings. The highest BCUT2D eigenvalue weighted by molar-refractivity contribution is 7.89. The van der Waals surface area contributed by atoms with Gasteiger partial charge in [-0.15, -0.1) is 11.3 Å². The maximum absolute atomic E-state index is 12.4. The summed E-state index contributed by atoms with van der Waals surface area (Å²) in [5, 5.41) is 2.01. The Balaban J connectivity index is 2.03. The number of carbonyl (C=O) groups excluding carboxylic acids is 1. The molecule has 1 aromatic heterocycles. The van der Waals surface area contributed by atoms with Crippen LogP contribution >= 0.6 is 11.3 Å². The van der Waals surface area contributed by atoms with Crippen molar-refractivity contribution < 1.29 is 13.2 Å². The summed E-state index contributed by atoms with van der Waals surface area (Å²) < 4.78 is 25.1. The zero-order valence-corrected chi connectivity index (χ0v) is 14.1. The normalized spacial score (nSPS) is 19.4. The van der Waals surface area contributed by atoms with Crippen molar-refractivity contribution in [3.63, 3.8) is 0 Å². The first kappa shape index (κ1) is 16.5. The highest BCUT2D eigenvalue weighted by atomic mass is 32.2. The third kappa shape index (κ3) is 3.84. The van der Waals surface area contributed by atoms with Crippen LogP contribution in [0.5, 0.6) is 0 Å². The number of likely N-dealkylation sites (tertiary alicyclic amines) is 1. The van der Waals surface area contributed by atoms with E-state index in [-0.39, 0.29) is 24.2 Å². The summed E-state index contributed by atoms with van der Waals surface area (Å²) in [6, 6.07) is 4.14. The van der Waals surface area contributed by atoms with Crippen LogP contribution in [-0.4, -0.2) is 49.4 Å². The van der Waals surface area contributed by atoms with Crippen LogP contribution in [0.1, 0.15) is 37.1 Å². The lowest BCUT2D eigenvalue weighted by molar-refractivity contribution is -0.132. The molecule has 0 aliphatic carbocycles. The number of amides is 1. The van der Waals surface area contributed by atoms with Crippen molar-refractivity contribution >= 4 is 27.3 Å². The van der Waals surface area contributed by atoms with E-state index < -0.39 is 10.0 Å². The van der Waals surface area contributed by atoms with Gasteiger partial charge < -0.3 is 4.90 Å². The molecule has 1 aromatic rings. The molecule has 7 heteroatoms. The third-order valence-corrected chi connectivity index (χ3v) is 6.72. The van der Waals surface area contributed by atoms with E-state index in [1.165, 1.54) is 16.2 Å². The largest absolute Gasteiger partial charge is 0.334 e. The lowest BCUT2D eigenvalue weighted by Crippen LogP contribution is -2.41. The fourth-order valence-corrected chi connectivity index (χ4v) is 4.64. The molecule has 5 nitrogen and oxygen atoms in total. The highest BCUT2D eigenvalue weighted by Gasteiger charge is 2.32. The van der Waals surface area contributed by atoms with Crippen molar-refractivity contribution in [1.29, 1.82) is 0 Å². The average Bonchev–Trinajstić information content (AvgIpc) is 3.09. The van der Waals surface area contributed by atoms with E-state index in [0.717, 1.165) is 12.8 Å². The SMILES string of the molecule is CCCS(=O)(=O)N(C)CC(=O)N1CCCC1c1cccs1. The summed E-state index contributed by atoms with van der Waals surface area (Å²) in [6.45, 7) is 2.47. The third-order valence-electron chi connectivity index (χ3n) is 3.74. The van der Waals surface area contributed by atoms with Crippen LogP contribution in [0.3, 0.4) is 0 Å². The first-order chi connectivity index (χ1) is 9.95. The Bertz CT molecular complexity index is 569. The molecule has 0 N–H and O–H groups in total. The lowest BCUT2D eigenvalue weighted by atomic mass is 10.2. The summed E-state index contributed by atoms with van der Waals surface area (Å²) in [6.07, 6.45) is 2.49. The van der Waals surface area contributed by atoms with Gasteiger partial charge in [0.15, 0.2) is 0 Å². The minimum atomic E-state index is -3.32. The lowest BCUT2D eigenvalue weighted by Gasteiger charge is -2.26. The van der Waals surface area contributed by atoms with Crippen LogP contribution < -0.4 is 0 Å². The van der Waals surface area contributed by atoms with Crippen molar-refractivity contribution in [3.8, 4) is 0 Å². The second-order valence-electron chi connectivity index (χ2n) is 5.33. The van der Waals surface area contributed by atoms with E-state index in [9.17, 15) is 13.2 Å². The van der Waals surface area contributed by atoms with Crippen LogP contribution in [0.15, 0.2) is 17.5 Å². The molecule has 1 atom stereocenters. The summed E-state index contributed by atoms with van der Waals surface area (Å²) in [7, 11) is -1.83. The van der Waals surface area contributed by atoms with E-state index in [4.69, 9.17) is 0 Å². The number of thiophene rings is 1. The molecule has 2 heterocycles. The predicted octanol–water partition coefficient (Wildman–Crippen LogP) is 2.08. The zero-order valence-electron chi connectivity index (χ0n) is 12.5. The van der Waals surface area contributed by atoms with Crippen LogP contribution in [0.25, 0.3) is 0 Å². The topological polar surface area (TPSA) is 57.7 Å². The van der Waals surface area contributed by atoms with E-state index in [0.29, 0.717) is 13.0 Å². The van der Waals surface area contributed by atoms with Gasteiger partial charge in [-0.25, -0.2) is 8.42 Å². The molecular formula is C14H22N2O3S2. The highest BCUT2D eigenvalue weighted by Crippen LogP contribution is 2.34. The number of hydrogen-bond donors (Lipinski definition) is 0. The smallest absolute Gasteiger partial charge is 0.238 e. The van der Waals surface area contributed by atoms with Crippen molar-refractivity contribution in [3.05, 3.63) is 22.4 Å². The monoisotopic (exact) mass is 330 g/mol. The Morgan fingerprint density at radius 2 is 2.29 bits per heavy atom. The number of carbonyl (C=O) groups is 1. The molecule has 0 aromatic carbocycles. The van der Waals surface area contributed by atoms with Gasteiger partial charge in [0.1, 0.15) is 0 Å². The first-order valence-corrected chi connectivity index (χ1v) is 9.71. The van der Waals surface area contributed by atoms with Crippen LogP contribution in [0.2, 0.25) is 0 Å². The van der Waals surface area contributed by atoms with Gasteiger partial charge >= 0.3 is 0 Å². The standard InChI is InChI=1S/C14H22N2O3S2/c1-3-10-21(18,19)15(2)11-14(17)16-8-4-6-12(16)13-7-5-9-20-13/h5,7,9,12H,3-4,6,8,10-11H2,1-2H3. The first-order valence-electron chi connectivity index (χ1n) is 7.22. The molecule has 21 heavy (non-hydrogen) atoms. The minimum absolute atomic E-state index is 0.0653. The number of rotatable bonds is 6. The molecule has 1 unspecified atom stereocenters. The number of likely N-dealkylation sites (N-methyl/N-ethyl adjacent to an activating group) is 1. The van der Waals surface area contributed by atoms with Gasteiger partial charge in [0.25, 0.3) is 0 Å². The fourth-order valence-electron chi connectivity index (χ4n) is 2.64. The summed E-state index contributed by atoms with van der Waals surface area (Å²) in [4.78, 5) is 15.4. The van der Waals surface area contributed by atoms with Crippen LogP contribution in [-0.2, 0) is 14.8 Å². The summed E-state index contributed by atoms with van der Waals surface area (Å²) >= 11 is 1.65.